The van der Waals surface area contributed by atoms with E-state index in [9.17, 15) is 9.59 Å². The van der Waals surface area contributed by atoms with Crippen LogP contribution in [-0.4, -0.2) is 21.9 Å². The zero-order chi connectivity index (χ0) is 17.4. The van der Waals surface area contributed by atoms with Gasteiger partial charge in [0.2, 0.25) is 0 Å². The van der Waals surface area contributed by atoms with Gasteiger partial charge in [0.25, 0.3) is 5.56 Å². The molecule has 0 aliphatic heterocycles. The van der Waals surface area contributed by atoms with Crippen LogP contribution in [0.3, 0.4) is 0 Å². The molecule has 2 saturated carbocycles. The molecule has 2 fully saturated rings. The van der Waals surface area contributed by atoms with Gasteiger partial charge in [-0.15, -0.1) is 0 Å². The van der Waals surface area contributed by atoms with Gasteiger partial charge < -0.3 is 4.74 Å². The van der Waals surface area contributed by atoms with E-state index < -0.39 is 5.97 Å². The summed E-state index contributed by atoms with van der Waals surface area (Å²) in [6.07, 6.45) is 8.29. The third-order valence-corrected chi connectivity index (χ3v) is 5.92. The number of aryl methyl sites for hydroxylation is 1. The predicted octanol–water partition coefficient (Wildman–Crippen LogP) is 3.45. The van der Waals surface area contributed by atoms with Crippen molar-refractivity contribution in [3.05, 3.63) is 40.3 Å². The number of carbonyl (C=O) groups excluding carboxylic acids is 1. The molecule has 5 nitrogen and oxygen atoms in total. The largest absolute Gasteiger partial charge is 0.458 e. The van der Waals surface area contributed by atoms with Crippen LogP contribution in [0.5, 0.6) is 0 Å². The third-order valence-electron chi connectivity index (χ3n) is 5.92. The summed E-state index contributed by atoms with van der Waals surface area (Å²) in [5.74, 6) is 1.11. The molecule has 0 unspecified atom stereocenters. The first-order valence-electron chi connectivity index (χ1n) is 9.30. The molecular weight excluding hydrogens is 316 g/mol. The maximum atomic E-state index is 12.8. The van der Waals surface area contributed by atoms with Gasteiger partial charge in [-0.3, -0.25) is 4.79 Å². The lowest BCUT2D eigenvalue weighted by atomic mass is 9.70. The van der Waals surface area contributed by atoms with Gasteiger partial charge in [0, 0.05) is 12.4 Å². The molecule has 0 amide bonds. The minimum atomic E-state index is -0.411. The SMILES string of the molecule is Cn1nc(C(=O)O[C@H]2CC[C@@H]3CCCC[C@@H]3C2)c2ccccc2c1=O. The zero-order valence-corrected chi connectivity index (χ0v) is 14.6. The van der Waals surface area contributed by atoms with E-state index in [2.05, 4.69) is 5.10 Å². The Hall–Kier alpha value is -2.17. The highest BCUT2D eigenvalue weighted by Crippen LogP contribution is 2.41. The number of hydrogen-bond donors (Lipinski definition) is 0. The highest BCUT2D eigenvalue weighted by atomic mass is 16.5. The Morgan fingerprint density at radius 3 is 2.60 bits per heavy atom. The molecule has 132 valence electrons. The molecule has 0 saturated heterocycles. The van der Waals surface area contributed by atoms with E-state index in [-0.39, 0.29) is 17.4 Å². The minimum absolute atomic E-state index is 0.0235. The number of carbonyl (C=O) groups is 1. The highest BCUT2D eigenvalue weighted by molar-refractivity contribution is 6.02. The summed E-state index contributed by atoms with van der Waals surface area (Å²) in [7, 11) is 1.57. The average Bonchev–Trinajstić information content (AvgIpc) is 2.64. The molecule has 0 radical (unpaired) electrons. The molecule has 1 heterocycles. The Labute approximate surface area is 147 Å². The van der Waals surface area contributed by atoms with E-state index in [0.717, 1.165) is 25.2 Å². The first-order valence-corrected chi connectivity index (χ1v) is 9.30. The van der Waals surface area contributed by atoms with Crippen LogP contribution >= 0.6 is 0 Å². The van der Waals surface area contributed by atoms with Gasteiger partial charge in [0.15, 0.2) is 5.69 Å². The Bertz CT molecular complexity index is 858. The number of rotatable bonds is 2. The van der Waals surface area contributed by atoms with E-state index in [1.54, 1.807) is 25.2 Å². The van der Waals surface area contributed by atoms with Crippen LogP contribution in [0.15, 0.2) is 29.1 Å². The summed E-state index contributed by atoms with van der Waals surface area (Å²) in [5.41, 5.74) is 0.0401. The smallest absolute Gasteiger partial charge is 0.359 e. The molecule has 2 aliphatic carbocycles. The molecule has 2 aromatic rings. The number of hydrogen-bond acceptors (Lipinski definition) is 4. The Balaban J connectivity index is 1.57. The lowest BCUT2D eigenvalue weighted by Gasteiger charge is -2.38. The molecule has 0 bridgehead atoms. The molecule has 3 atom stereocenters. The highest BCUT2D eigenvalue weighted by Gasteiger charge is 2.34. The van der Waals surface area contributed by atoms with Crippen molar-refractivity contribution in [3.8, 4) is 0 Å². The lowest BCUT2D eigenvalue weighted by molar-refractivity contribution is -0.00144. The molecule has 0 N–H and O–H groups in total. The molecular formula is C20H24N2O3. The average molecular weight is 340 g/mol. The fourth-order valence-electron chi connectivity index (χ4n) is 4.60. The quantitative estimate of drug-likeness (QED) is 0.786. The van der Waals surface area contributed by atoms with Crippen molar-refractivity contribution >= 4 is 16.7 Å². The van der Waals surface area contributed by atoms with E-state index in [1.165, 1.54) is 30.4 Å². The van der Waals surface area contributed by atoms with E-state index in [4.69, 9.17) is 4.74 Å². The standard InChI is InChI=1S/C20H24N2O3/c1-22-19(23)17-9-5-4-8-16(17)18(21-22)20(24)25-15-11-10-13-6-2-3-7-14(13)12-15/h4-5,8-9,13-15H,2-3,6-7,10-12H2,1H3/t13-,14+,15-/m0/s1. The van der Waals surface area contributed by atoms with Crippen LogP contribution in [0.1, 0.15) is 55.4 Å². The predicted molar refractivity (Wildman–Crippen MR) is 95.5 cm³/mol. The second kappa shape index (κ2) is 6.62. The Morgan fingerprint density at radius 2 is 1.80 bits per heavy atom. The van der Waals surface area contributed by atoms with Gasteiger partial charge in [-0.25, -0.2) is 9.48 Å². The van der Waals surface area contributed by atoms with Gasteiger partial charge in [-0.2, -0.15) is 5.10 Å². The van der Waals surface area contributed by atoms with Crippen molar-refractivity contribution in [2.75, 3.05) is 0 Å². The summed E-state index contributed by atoms with van der Waals surface area (Å²) in [4.78, 5) is 24.9. The van der Waals surface area contributed by atoms with Gasteiger partial charge in [-0.05, 0) is 37.2 Å². The first-order chi connectivity index (χ1) is 12.1. The van der Waals surface area contributed by atoms with E-state index in [0.29, 0.717) is 16.7 Å². The van der Waals surface area contributed by atoms with Crippen molar-refractivity contribution in [3.63, 3.8) is 0 Å². The number of aromatic nitrogens is 2. The molecule has 1 aromatic heterocycles. The van der Waals surface area contributed by atoms with Crippen LogP contribution in [-0.2, 0) is 11.8 Å². The Kier molecular flexibility index (Phi) is 4.32. The number of nitrogens with zero attached hydrogens (tertiary/aromatic N) is 2. The summed E-state index contributed by atoms with van der Waals surface area (Å²) in [6, 6.07) is 7.10. The van der Waals surface area contributed by atoms with Crippen LogP contribution in [0, 0.1) is 11.8 Å². The van der Waals surface area contributed by atoms with Crippen molar-refractivity contribution in [1.82, 2.24) is 9.78 Å². The summed E-state index contributed by atoms with van der Waals surface area (Å²) in [6.45, 7) is 0. The van der Waals surface area contributed by atoms with Gasteiger partial charge in [0.05, 0.1) is 5.39 Å². The minimum Gasteiger partial charge on any atom is -0.458 e. The zero-order valence-electron chi connectivity index (χ0n) is 14.6. The van der Waals surface area contributed by atoms with E-state index >= 15 is 0 Å². The van der Waals surface area contributed by atoms with Crippen LogP contribution in [0.25, 0.3) is 10.8 Å². The monoisotopic (exact) mass is 340 g/mol. The number of fused-ring (bicyclic) bond motifs is 2. The Morgan fingerprint density at radius 1 is 1.08 bits per heavy atom. The lowest BCUT2D eigenvalue weighted by Crippen LogP contribution is -2.33. The first kappa shape index (κ1) is 16.3. The summed E-state index contributed by atoms with van der Waals surface area (Å²) in [5, 5.41) is 5.25. The van der Waals surface area contributed by atoms with Crippen molar-refractivity contribution in [2.45, 2.75) is 51.0 Å². The van der Waals surface area contributed by atoms with Crippen LogP contribution in [0.2, 0.25) is 0 Å². The molecule has 2 aliphatic rings. The number of esters is 1. The second-order valence-corrected chi connectivity index (χ2v) is 7.47. The van der Waals surface area contributed by atoms with E-state index in [1.807, 2.05) is 6.07 Å². The molecule has 4 rings (SSSR count). The van der Waals surface area contributed by atoms with Gasteiger partial charge in [0.1, 0.15) is 6.10 Å². The topological polar surface area (TPSA) is 61.2 Å². The second-order valence-electron chi connectivity index (χ2n) is 7.47. The van der Waals surface area contributed by atoms with Crippen molar-refractivity contribution in [2.24, 2.45) is 18.9 Å². The number of ether oxygens (including phenoxy) is 1. The maximum Gasteiger partial charge on any atom is 0.359 e. The third kappa shape index (κ3) is 3.08. The normalized spacial score (nSPS) is 26.2. The fourth-order valence-corrected chi connectivity index (χ4v) is 4.60. The van der Waals surface area contributed by atoms with Crippen LogP contribution in [0.4, 0.5) is 0 Å². The number of benzene rings is 1. The van der Waals surface area contributed by atoms with Gasteiger partial charge in [-0.1, -0.05) is 43.9 Å². The van der Waals surface area contributed by atoms with Crippen molar-refractivity contribution in [1.29, 1.82) is 0 Å². The van der Waals surface area contributed by atoms with Crippen LogP contribution < -0.4 is 5.56 Å². The molecule has 1 aromatic carbocycles. The summed E-state index contributed by atoms with van der Waals surface area (Å²) < 4.78 is 7.03. The fraction of sp³-hybridized carbons (Fsp3) is 0.550. The molecule has 0 spiro atoms. The van der Waals surface area contributed by atoms with Gasteiger partial charge >= 0.3 is 5.97 Å². The molecule has 5 heteroatoms. The summed E-state index contributed by atoms with van der Waals surface area (Å²) >= 11 is 0. The molecule has 25 heavy (non-hydrogen) atoms. The van der Waals surface area contributed by atoms with Crippen molar-refractivity contribution < 1.29 is 9.53 Å². The maximum absolute atomic E-state index is 12.8.